The zero-order valence-corrected chi connectivity index (χ0v) is 11.5. The minimum absolute atomic E-state index is 0.0234. The van der Waals surface area contributed by atoms with Crippen LogP contribution >= 0.6 is 11.3 Å². The molecule has 7 nitrogen and oxygen atoms in total. The maximum absolute atomic E-state index is 11.9. The van der Waals surface area contributed by atoms with E-state index in [-0.39, 0.29) is 17.9 Å². The quantitative estimate of drug-likeness (QED) is 0.764. The van der Waals surface area contributed by atoms with Gasteiger partial charge in [-0.25, -0.2) is 9.78 Å². The average Bonchev–Trinajstić information content (AvgIpc) is 2.99. The SMILES string of the molecule is O=C(Cc1cn2ccsc2n1)Nc1cncc(C(=O)O)c1. The number of anilines is 1. The van der Waals surface area contributed by atoms with Crippen LogP contribution in [0.5, 0.6) is 0 Å². The molecule has 0 radical (unpaired) electrons. The number of aromatic nitrogens is 3. The van der Waals surface area contributed by atoms with E-state index in [1.165, 1.54) is 29.8 Å². The summed E-state index contributed by atoms with van der Waals surface area (Å²) in [5.74, 6) is -1.36. The summed E-state index contributed by atoms with van der Waals surface area (Å²) in [6, 6.07) is 1.36. The molecule has 3 aromatic heterocycles. The van der Waals surface area contributed by atoms with E-state index < -0.39 is 5.97 Å². The molecule has 0 saturated carbocycles. The Morgan fingerprint density at radius 1 is 1.38 bits per heavy atom. The summed E-state index contributed by atoms with van der Waals surface area (Å²) in [5, 5.41) is 13.4. The number of nitrogens with one attached hydrogen (secondary N) is 1. The Morgan fingerprint density at radius 3 is 3.00 bits per heavy atom. The van der Waals surface area contributed by atoms with Crippen molar-refractivity contribution in [3.8, 4) is 0 Å². The number of hydrogen-bond acceptors (Lipinski definition) is 5. The van der Waals surface area contributed by atoms with Crippen molar-refractivity contribution in [2.24, 2.45) is 0 Å². The zero-order valence-electron chi connectivity index (χ0n) is 10.7. The highest BCUT2D eigenvalue weighted by atomic mass is 32.1. The van der Waals surface area contributed by atoms with Gasteiger partial charge >= 0.3 is 5.97 Å². The van der Waals surface area contributed by atoms with E-state index in [2.05, 4.69) is 15.3 Å². The number of pyridine rings is 1. The van der Waals surface area contributed by atoms with Gasteiger partial charge in [-0.3, -0.25) is 14.2 Å². The maximum atomic E-state index is 11.9. The van der Waals surface area contributed by atoms with Crippen LogP contribution in [0.1, 0.15) is 16.1 Å². The number of imidazole rings is 1. The zero-order chi connectivity index (χ0) is 14.8. The van der Waals surface area contributed by atoms with Crippen LogP contribution in [-0.4, -0.2) is 31.4 Å². The van der Waals surface area contributed by atoms with Gasteiger partial charge in [-0.2, -0.15) is 0 Å². The Kier molecular flexibility index (Phi) is 3.36. The third-order valence-electron chi connectivity index (χ3n) is 2.75. The summed E-state index contributed by atoms with van der Waals surface area (Å²) in [6.45, 7) is 0. The van der Waals surface area contributed by atoms with E-state index >= 15 is 0 Å². The highest BCUT2D eigenvalue weighted by Gasteiger charge is 2.10. The van der Waals surface area contributed by atoms with Gasteiger partial charge in [0.05, 0.1) is 29.6 Å². The van der Waals surface area contributed by atoms with Crippen LogP contribution in [0.4, 0.5) is 5.69 Å². The van der Waals surface area contributed by atoms with Gasteiger partial charge in [0, 0.05) is 24.0 Å². The molecule has 0 unspecified atom stereocenters. The predicted molar refractivity (Wildman–Crippen MR) is 76.6 cm³/mol. The van der Waals surface area contributed by atoms with Crippen LogP contribution in [-0.2, 0) is 11.2 Å². The summed E-state index contributed by atoms with van der Waals surface area (Å²) in [5.41, 5.74) is 1.03. The number of thiazole rings is 1. The van der Waals surface area contributed by atoms with Crippen molar-refractivity contribution in [2.45, 2.75) is 6.42 Å². The molecule has 0 saturated heterocycles. The fourth-order valence-electron chi connectivity index (χ4n) is 1.86. The second kappa shape index (κ2) is 5.33. The largest absolute Gasteiger partial charge is 0.478 e. The van der Waals surface area contributed by atoms with E-state index in [0.717, 1.165) is 4.96 Å². The van der Waals surface area contributed by atoms with Gasteiger partial charge < -0.3 is 10.4 Å². The second-order valence-corrected chi connectivity index (χ2v) is 5.19. The van der Waals surface area contributed by atoms with Crippen LogP contribution in [0.3, 0.4) is 0 Å². The third kappa shape index (κ3) is 2.90. The topological polar surface area (TPSA) is 96.6 Å². The first-order valence-corrected chi connectivity index (χ1v) is 6.89. The average molecular weight is 302 g/mol. The lowest BCUT2D eigenvalue weighted by atomic mass is 10.2. The lowest BCUT2D eigenvalue weighted by Crippen LogP contribution is -2.15. The van der Waals surface area contributed by atoms with Gasteiger partial charge in [0.25, 0.3) is 0 Å². The highest BCUT2D eigenvalue weighted by molar-refractivity contribution is 7.15. The van der Waals surface area contributed by atoms with Crippen molar-refractivity contribution in [3.05, 3.63) is 47.5 Å². The standard InChI is InChI=1S/C13H10N4O3S/c18-11(4-10-7-17-1-2-21-13(17)16-10)15-9-3-8(12(19)20)5-14-6-9/h1-3,5-7H,4H2,(H,15,18)(H,19,20). The fraction of sp³-hybridized carbons (Fsp3) is 0.0769. The Balaban J connectivity index is 1.70. The molecule has 0 fully saturated rings. The lowest BCUT2D eigenvalue weighted by molar-refractivity contribution is -0.115. The second-order valence-electron chi connectivity index (χ2n) is 4.32. The molecule has 0 bridgehead atoms. The van der Waals surface area contributed by atoms with Crippen molar-refractivity contribution >= 4 is 33.9 Å². The Labute approximate surface area is 122 Å². The minimum atomic E-state index is -1.09. The molecular formula is C13H10N4O3S. The molecule has 3 heterocycles. The van der Waals surface area contributed by atoms with Gasteiger partial charge in [-0.1, -0.05) is 0 Å². The number of carboxylic acid groups (broad SMARTS) is 1. The molecule has 0 spiro atoms. The monoisotopic (exact) mass is 302 g/mol. The fourth-order valence-corrected chi connectivity index (χ4v) is 2.58. The van der Waals surface area contributed by atoms with Gasteiger partial charge in [0.15, 0.2) is 4.96 Å². The van der Waals surface area contributed by atoms with Crippen LogP contribution in [0.2, 0.25) is 0 Å². The van der Waals surface area contributed by atoms with Crippen LogP contribution in [0, 0.1) is 0 Å². The van der Waals surface area contributed by atoms with Crippen LogP contribution in [0.25, 0.3) is 4.96 Å². The number of aromatic carboxylic acids is 1. The van der Waals surface area contributed by atoms with Gasteiger partial charge in [0.1, 0.15) is 0 Å². The third-order valence-corrected chi connectivity index (χ3v) is 3.52. The van der Waals surface area contributed by atoms with E-state index in [9.17, 15) is 9.59 Å². The minimum Gasteiger partial charge on any atom is -0.478 e. The van der Waals surface area contributed by atoms with Crippen molar-refractivity contribution < 1.29 is 14.7 Å². The molecule has 0 atom stereocenters. The molecule has 21 heavy (non-hydrogen) atoms. The molecule has 2 N–H and O–H groups in total. The van der Waals surface area contributed by atoms with E-state index in [1.807, 2.05) is 16.0 Å². The van der Waals surface area contributed by atoms with Gasteiger partial charge in [-0.15, -0.1) is 11.3 Å². The molecule has 0 aliphatic heterocycles. The summed E-state index contributed by atoms with van der Waals surface area (Å²) in [6.07, 6.45) is 6.40. The summed E-state index contributed by atoms with van der Waals surface area (Å²) in [4.78, 5) is 31.7. The molecule has 3 rings (SSSR count). The number of nitrogens with zero attached hydrogens (tertiary/aromatic N) is 3. The first-order chi connectivity index (χ1) is 10.1. The smallest absolute Gasteiger partial charge is 0.337 e. The van der Waals surface area contributed by atoms with Gasteiger partial charge in [0.2, 0.25) is 5.91 Å². The van der Waals surface area contributed by atoms with Gasteiger partial charge in [-0.05, 0) is 6.07 Å². The number of rotatable bonds is 4. The number of carbonyl (C=O) groups excluding carboxylic acids is 1. The molecule has 0 aliphatic rings. The Hall–Kier alpha value is -2.74. The van der Waals surface area contributed by atoms with Crippen molar-refractivity contribution in [2.75, 3.05) is 5.32 Å². The lowest BCUT2D eigenvalue weighted by Gasteiger charge is -2.04. The Morgan fingerprint density at radius 2 is 2.24 bits per heavy atom. The number of carbonyl (C=O) groups is 2. The van der Waals surface area contributed by atoms with Crippen molar-refractivity contribution in [3.63, 3.8) is 0 Å². The molecular weight excluding hydrogens is 292 g/mol. The van der Waals surface area contributed by atoms with Crippen LogP contribution < -0.4 is 5.32 Å². The van der Waals surface area contributed by atoms with E-state index in [0.29, 0.717) is 11.4 Å². The highest BCUT2D eigenvalue weighted by Crippen LogP contribution is 2.13. The number of hydrogen-bond donors (Lipinski definition) is 2. The number of amides is 1. The first kappa shape index (κ1) is 13.3. The normalized spacial score (nSPS) is 10.7. The predicted octanol–water partition coefficient (Wildman–Crippen LogP) is 1.67. The van der Waals surface area contributed by atoms with Crippen LogP contribution in [0.15, 0.2) is 36.2 Å². The number of fused-ring (bicyclic) bond motifs is 1. The maximum Gasteiger partial charge on any atom is 0.337 e. The Bertz CT molecular complexity index is 795. The van der Waals surface area contributed by atoms with E-state index in [4.69, 9.17) is 5.11 Å². The van der Waals surface area contributed by atoms with Crippen molar-refractivity contribution in [1.29, 1.82) is 0 Å². The van der Waals surface area contributed by atoms with E-state index in [1.54, 1.807) is 6.20 Å². The molecule has 0 aliphatic carbocycles. The summed E-state index contributed by atoms with van der Waals surface area (Å²) in [7, 11) is 0. The molecule has 106 valence electrons. The summed E-state index contributed by atoms with van der Waals surface area (Å²) >= 11 is 1.49. The van der Waals surface area contributed by atoms with Crippen molar-refractivity contribution in [1.82, 2.24) is 14.4 Å². The number of carboxylic acids is 1. The summed E-state index contributed by atoms with van der Waals surface area (Å²) < 4.78 is 1.85. The molecule has 0 aromatic carbocycles. The molecule has 8 heteroatoms. The molecule has 1 amide bonds. The molecule has 3 aromatic rings. The first-order valence-electron chi connectivity index (χ1n) is 6.01.